The Bertz CT molecular complexity index is 193. The molecule has 0 saturated heterocycles. The van der Waals surface area contributed by atoms with E-state index in [1.165, 1.54) is 5.32 Å². The lowest BCUT2D eigenvalue weighted by Gasteiger charge is -2.09. The second kappa shape index (κ2) is 3.25. The number of carbonyl (C=O) groups is 1. The molecule has 1 unspecified atom stereocenters. The summed E-state index contributed by atoms with van der Waals surface area (Å²) in [5, 5.41) is 1.35. The van der Waals surface area contributed by atoms with E-state index in [9.17, 15) is 18.0 Å². The quantitative estimate of drug-likeness (QED) is 0.410. The maximum absolute atomic E-state index is 11.4. The van der Waals surface area contributed by atoms with E-state index in [0.29, 0.717) is 0 Å². The molecule has 0 aliphatic rings. The van der Waals surface area contributed by atoms with E-state index in [0.717, 1.165) is 0 Å². The molecule has 0 heterocycles. The van der Waals surface area contributed by atoms with E-state index < -0.39 is 18.2 Å². The number of terminal acetylenes is 1. The zero-order valence-electron chi connectivity index (χ0n) is 5.27. The maximum Gasteiger partial charge on any atom is 0.471 e. The van der Waals surface area contributed by atoms with Gasteiger partial charge in [0.2, 0.25) is 0 Å². The second-order valence-corrected chi connectivity index (χ2v) is 1.62. The molecule has 3 nitrogen and oxygen atoms in total. The molecule has 0 aromatic carbocycles. The van der Waals surface area contributed by atoms with Crippen molar-refractivity contribution in [2.45, 2.75) is 12.3 Å². The molecule has 0 fully saturated rings. The predicted octanol–water partition coefficient (Wildman–Crippen LogP) is -0.417. The van der Waals surface area contributed by atoms with Crippen molar-refractivity contribution < 1.29 is 18.0 Å². The lowest BCUT2D eigenvalue weighted by Crippen LogP contribution is -2.46. The topological polar surface area (TPSA) is 55.1 Å². The molecule has 11 heavy (non-hydrogen) atoms. The van der Waals surface area contributed by atoms with Crippen molar-refractivity contribution >= 4 is 5.91 Å². The van der Waals surface area contributed by atoms with Crippen LogP contribution in [0.2, 0.25) is 0 Å². The van der Waals surface area contributed by atoms with Crippen LogP contribution in [0.15, 0.2) is 0 Å². The molecule has 0 radical (unpaired) electrons. The predicted molar refractivity (Wildman–Crippen MR) is 31.0 cm³/mol. The van der Waals surface area contributed by atoms with Crippen LogP contribution in [0.3, 0.4) is 0 Å². The monoisotopic (exact) mass is 166 g/mol. The summed E-state index contributed by atoms with van der Waals surface area (Å²) in [5.74, 6) is -0.422. The van der Waals surface area contributed by atoms with Gasteiger partial charge in [-0.15, -0.1) is 6.42 Å². The molecule has 3 N–H and O–H groups in total. The zero-order chi connectivity index (χ0) is 9.07. The molecule has 0 spiro atoms. The van der Waals surface area contributed by atoms with Crippen LogP contribution < -0.4 is 11.1 Å². The fourth-order valence-electron chi connectivity index (χ4n) is 0.265. The van der Waals surface area contributed by atoms with Gasteiger partial charge in [-0.1, -0.05) is 5.92 Å². The minimum absolute atomic E-state index is 1.35. The molecule has 0 bridgehead atoms. The molecule has 62 valence electrons. The second-order valence-electron chi connectivity index (χ2n) is 1.62. The average molecular weight is 166 g/mol. The Labute approximate surface area is 60.7 Å². The van der Waals surface area contributed by atoms with Crippen LogP contribution in [0.1, 0.15) is 0 Å². The Morgan fingerprint density at radius 3 is 2.36 bits per heavy atom. The van der Waals surface area contributed by atoms with Crippen molar-refractivity contribution in [2.75, 3.05) is 0 Å². The lowest BCUT2D eigenvalue weighted by atomic mass is 10.5. The fourth-order valence-corrected chi connectivity index (χ4v) is 0.265. The normalized spacial score (nSPS) is 13.4. The number of carbonyl (C=O) groups excluding carboxylic acids is 1. The van der Waals surface area contributed by atoms with E-state index >= 15 is 0 Å². The average Bonchev–Trinajstić information content (AvgIpc) is 1.85. The van der Waals surface area contributed by atoms with Crippen LogP contribution >= 0.6 is 0 Å². The van der Waals surface area contributed by atoms with Gasteiger partial charge in [0.05, 0.1) is 0 Å². The van der Waals surface area contributed by atoms with E-state index in [2.05, 4.69) is 6.42 Å². The van der Waals surface area contributed by atoms with Gasteiger partial charge in [0.15, 0.2) is 0 Å². The van der Waals surface area contributed by atoms with Crippen molar-refractivity contribution in [2.24, 2.45) is 5.73 Å². The minimum atomic E-state index is -4.94. The maximum atomic E-state index is 11.4. The summed E-state index contributed by atoms with van der Waals surface area (Å²) >= 11 is 0. The molecule has 0 aliphatic heterocycles. The van der Waals surface area contributed by atoms with Gasteiger partial charge in [-0.3, -0.25) is 4.79 Å². The number of nitrogens with two attached hydrogens (primary N) is 1. The summed E-state index contributed by atoms with van der Waals surface area (Å²) in [6, 6.07) is 0. The van der Waals surface area contributed by atoms with Gasteiger partial charge < -0.3 is 11.1 Å². The highest BCUT2D eigenvalue weighted by Gasteiger charge is 2.39. The van der Waals surface area contributed by atoms with Crippen LogP contribution in [0, 0.1) is 12.3 Å². The number of nitrogens with one attached hydrogen (secondary N) is 1. The van der Waals surface area contributed by atoms with Gasteiger partial charge >= 0.3 is 12.1 Å². The largest absolute Gasteiger partial charge is 0.471 e. The van der Waals surface area contributed by atoms with Crippen LogP contribution in [-0.4, -0.2) is 18.2 Å². The van der Waals surface area contributed by atoms with Crippen LogP contribution in [0.25, 0.3) is 0 Å². The van der Waals surface area contributed by atoms with Gasteiger partial charge in [-0.05, 0) is 0 Å². The van der Waals surface area contributed by atoms with Crippen molar-refractivity contribution in [3.63, 3.8) is 0 Å². The first-order chi connectivity index (χ1) is 4.88. The third kappa shape index (κ3) is 3.47. The highest BCUT2D eigenvalue weighted by Crippen LogP contribution is 2.13. The Hall–Kier alpha value is -1.22. The Morgan fingerprint density at radius 2 is 2.09 bits per heavy atom. The molecule has 1 amide bonds. The molecule has 0 aromatic rings. The molecule has 6 heteroatoms. The summed E-state index contributed by atoms with van der Waals surface area (Å²) in [6.45, 7) is 0. The first-order valence-electron chi connectivity index (χ1n) is 2.47. The number of alkyl halides is 3. The minimum Gasteiger partial charge on any atom is -0.322 e. The van der Waals surface area contributed by atoms with Crippen LogP contribution in [0.5, 0.6) is 0 Å². The molecule has 0 saturated carbocycles. The summed E-state index contributed by atoms with van der Waals surface area (Å²) < 4.78 is 34.2. The number of hydrogen-bond donors (Lipinski definition) is 2. The molecular weight excluding hydrogens is 161 g/mol. The highest BCUT2D eigenvalue weighted by atomic mass is 19.4. The Balaban J connectivity index is 4.01. The molecule has 0 aromatic heterocycles. The molecule has 0 aliphatic carbocycles. The summed E-state index contributed by atoms with van der Waals surface area (Å²) in [6.07, 6.45) is -1.73. The van der Waals surface area contributed by atoms with Crippen molar-refractivity contribution in [3.8, 4) is 12.3 Å². The van der Waals surface area contributed by atoms with Crippen LogP contribution in [-0.2, 0) is 4.79 Å². The molecule has 0 rings (SSSR count). The zero-order valence-corrected chi connectivity index (χ0v) is 5.27. The smallest absolute Gasteiger partial charge is 0.322 e. The number of halogens is 3. The first-order valence-corrected chi connectivity index (χ1v) is 2.47. The van der Waals surface area contributed by atoms with Gasteiger partial charge in [-0.2, -0.15) is 13.2 Å². The van der Waals surface area contributed by atoms with Gasteiger partial charge in [0.1, 0.15) is 6.17 Å². The summed E-state index contributed by atoms with van der Waals surface area (Å²) in [4.78, 5) is 10.0. The van der Waals surface area contributed by atoms with E-state index in [1.807, 2.05) is 0 Å². The number of rotatable bonds is 1. The van der Waals surface area contributed by atoms with E-state index in [4.69, 9.17) is 5.73 Å². The summed E-state index contributed by atoms with van der Waals surface area (Å²) in [5.41, 5.74) is 4.80. The van der Waals surface area contributed by atoms with Gasteiger partial charge in [0, 0.05) is 0 Å². The first kappa shape index (κ1) is 9.78. The van der Waals surface area contributed by atoms with Gasteiger partial charge in [-0.25, -0.2) is 0 Å². The third-order valence-corrected chi connectivity index (χ3v) is 0.724. The number of amides is 1. The summed E-state index contributed by atoms with van der Waals surface area (Å²) in [7, 11) is 0. The standard InChI is InChI=1S/C5H5F3N2O/c1-2-3(9)10-4(11)5(6,7)8/h1,3H,9H2,(H,10,11). The van der Waals surface area contributed by atoms with Crippen molar-refractivity contribution in [3.05, 3.63) is 0 Å². The van der Waals surface area contributed by atoms with Crippen molar-refractivity contribution in [1.82, 2.24) is 5.32 Å². The van der Waals surface area contributed by atoms with Gasteiger partial charge in [0.25, 0.3) is 0 Å². The Morgan fingerprint density at radius 1 is 1.64 bits per heavy atom. The fraction of sp³-hybridized carbons (Fsp3) is 0.400. The molecule has 1 atom stereocenters. The van der Waals surface area contributed by atoms with Crippen LogP contribution in [0.4, 0.5) is 13.2 Å². The van der Waals surface area contributed by atoms with E-state index in [-0.39, 0.29) is 0 Å². The van der Waals surface area contributed by atoms with E-state index in [1.54, 1.807) is 5.92 Å². The number of hydrogen-bond acceptors (Lipinski definition) is 2. The molecular formula is C5H5F3N2O. The lowest BCUT2D eigenvalue weighted by molar-refractivity contribution is -0.173. The SMILES string of the molecule is C#CC(N)NC(=O)C(F)(F)F. The highest BCUT2D eigenvalue weighted by molar-refractivity contribution is 5.82. The third-order valence-electron chi connectivity index (χ3n) is 0.724. The Kier molecular flexibility index (Phi) is 2.89. The van der Waals surface area contributed by atoms with Crippen molar-refractivity contribution in [1.29, 1.82) is 0 Å².